The van der Waals surface area contributed by atoms with Gasteiger partial charge >= 0.3 is 0 Å². The number of amides is 1. The van der Waals surface area contributed by atoms with Crippen LogP contribution in [0.25, 0.3) is 0 Å². The lowest BCUT2D eigenvalue weighted by molar-refractivity contribution is 0.0827. The standard InChI is InChI=1S/C13H18N2O3S/c1-14(2)13(16)11-6-5-7-12(10-11)19(17,18)15-8-3-4-9-15/h5-7,10H,3-4,8-9H2,1-2H3. The Labute approximate surface area is 113 Å². The van der Waals surface area contributed by atoms with Crippen molar-refractivity contribution in [2.45, 2.75) is 17.7 Å². The van der Waals surface area contributed by atoms with Crippen LogP contribution in [0.3, 0.4) is 0 Å². The summed E-state index contributed by atoms with van der Waals surface area (Å²) >= 11 is 0. The number of hydrogen-bond acceptors (Lipinski definition) is 3. The molecular formula is C13H18N2O3S. The predicted molar refractivity (Wildman–Crippen MR) is 72.5 cm³/mol. The molecule has 0 aliphatic carbocycles. The molecule has 1 aromatic carbocycles. The van der Waals surface area contributed by atoms with Gasteiger partial charge < -0.3 is 4.90 Å². The van der Waals surface area contributed by atoms with Gasteiger partial charge in [0, 0.05) is 32.7 Å². The zero-order valence-electron chi connectivity index (χ0n) is 11.2. The van der Waals surface area contributed by atoms with Gasteiger partial charge in [-0.15, -0.1) is 0 Å². The van der Waals surface area contributed by atoms with E-state index in [2.05, 4.69) is 0 Å². The third-order valence-corrected chi connectivity index (χ3v) is 5.08. The first-order chi connectivity index (χ1) is 8.93. The molecule has 19 heavy (non-hydrogen) atoms. The van der Waals surface area contributed by atoms with Gasteiger partial charge in [-0.25, -0.2) is 8.42 Å². The minimum Gasteiger partial charge on any atom is -0.345 e. The number of nitrogens with zero attached hydrogens (tertiary/aromatic N) is 2. The predicted octanol–water partition coefficient (Wildman–Crippen LogP) is 1.17. The highest BCUT2D eigenvalue weighted by molar-refractivity contribution is 7.89. The van der Waals surface area contributed by atoms with Gasteiger partial charge in [-0.1, -0.05) is 6.07 Å². The summed E-state index contributed by atoms with van der Waals surface area (Å²) in [6.45, 7) is 1.13. The van der Waals surface area contributed by atoms with Crippen molar-refractivity contribution >= 4 is 15.9 Å². The average molecular weight is 282 g/mol. The molecule has 1 fully saturated rings. The zero-order chi connectivity index (χ0) is 14.0. The van der Waals surface area contributed by atoms with Crippen LogP contribution >= 0.6 is 0 Å². The Bertz CT molecular complexity index is 575. The summed E-state index contributed by atoms with van der Waals surface area (Å²) in [5, 5.41) is 0. The van der Waals surface area contributed by atoms with Crippen molar-refractivity contribution in [1.82, 2.24) is 9.21 Å². The molecule has 0 spiro atoms. The van der Waals surface area contributed by atoms with Crippen LogP contribution in [0.4, 0.5) is 0 Å². The van der Waals surface area contributed by atoms with Crippen molar-refractivity contribution in [2.24, 2.45) is 0 Å². The van der Waals surface area contributed by atoms with E-state index in [4.69, 9.17) is 0 Å². The summed E-state index contributed by atoms with van der Waals surface area (Å²) in [4.78, 5) is 13.5. The third-order valence-electron chi connectivity index (χ3n) is 3.19. The molecule has 1 aromatic rings. The minimum absolute atomic E-state index is 0.196. The van der Waals surface area contributed by atoms with Gasteiger partial charge in [0.1, 0.15) is 0 Å². The molecule has 104 valence electrons. The zero-order valence-corrected chi connectivity index (χ0v) is 12.0. The lowest BCUT2D eigenvalue weighted by atomic mass is 10.2. The molecule has 1 amide bonds. The Balaban J connectivity index is 2.35. The van der Waals surface area contributed by atoms with Gasteiger partial charge in [0.05, 0.1) is 4.90 Å². The maximum Gasteiger partial charge on any atom is 0.253 e. The number of rotatable bonds is 3. The van der Waals surface area contributed by atoms with Gasteiger partial charge in [-0.2, -0.15) is 4.31 Å². The van der Waals surface area contributed by atoms with E-state index in [0.717, 1.165) is 12.8 Å². The van der Waals surface area contributed by atoms with Crippen molar-refractivity contribution in [3.05, 3.63) is 29.8 Å². The first-order valence-corrected chi connectivity index (χ1v) is 7.69. The van der Waals surface area contributed by atoms with E-state index in [9.17, 15) is 13.2 Å². The van der Waals surface area contributed by atoms with Crippen LogP contribution in [-0.2, 0) is 10.0 Å². The lowest BCUT2D eigenvalue weighted by Crippen LogP contribution is -2.28. The second kappa shape index (κ2) is 5.30. The SMILES string of the molecule is CN(C)C(=O)c1cccc(S(=O)(=O)N2CCCC2)c1. The maximum absolute atomic E-state index is 12.4. The molecule has 1 saturated heterocycles. The van der Waals surface area contributed by atoms with E-state index in [1.165, 1.54) is 15.3 Å². The molecule has 1 aliphatic rings. The molecule has 5 nitrogen and oxygen atoms in total. The van der Waals surface area contributed by atoms with E-state index in [-0.39, 0.29) is 10.8 Å². The first-order valence-electron chi connectivity index (χ1n) is 6.25. The van der Waals surface area contributed by atoms with E-state index >= 15 is 0 Å². The van der Waals surface area contributed by atoms with Gasteiger partial charge in [0.15, 0.2) is 0 Å². The van der Waals surface area contributed by atoms with Crippen LogP contribution in [0.2, 0.25) is 0 Å². The Hall–Kier alpha value is -1.40. The Morgan fingerprint density at radius 3 is 2.42 bits per heavy atom. The topological polar surface area (TPSA) is 57.7 Å². The number of hydrogen-bond donors (Lipinski definition) is 0. The summed E-state index contributed by atoms with van der Waals surface area (Å²) in [5.41, 5.74) is 0.394. The molecule has 1 aliphatic heterocycles. The number of benzene rings is 1. The molecule has 0 saturated carbocycles. The van der Waals surface area contributed by atoms with Gasteiger partial charge in [-0.3, -0.25) is 4.79 Å². The van der Waals surface area contributed by atoms with Crippen LogP contribution in [0.5, 0.6) is 0 Å². The molecule has 6 heteroatoms. The van der Waals surface area contributed by atoms with Crippen LogP contribution in [0, 0.1) is 0 Å². The van der Waals surface area contributed by atoms with Crippen LogP contribution in [-0.4, -0.2) is 50.7 Å². The molecule has 0 N–H and O–H groups in total. The molecular weight excluding hydrogens is 264 g/mol. The normalized spacial score (nSPS) is 16.5. The van der Waals surface area contributed by atoms with E-state index in [0.29, 0.717) is 18.7 Å². The molecule has 2 rings (SSSR count). The molecule has 0 atom stereocenters. The largest absolute Gasteiger partial charge is 0.345 e. The summed E-state index contributed by atoms with van der Waals surface area (Å²) < 4.78 is 26.2. The summed E-state index contributed by atoms with van der Waals surface area (Å²) in [6, 6.07) is 6.24. The second-order valence-corrected chi connectivity index (χ2v) is 6.78. The molecule has 0 radical (unpaired) electrons. The fourth-order valence-corrected chi connectivity index (χ4v) is 3.69. The van der Waals surface area contributed by atoms with Crippen molar-refractivity contribution < 1.29 is 13.2 Å². The second-order valence-electron chi connectivity index (χ2n) is 4.84. The fourth-order valence-electron chi connectivity index (χ4n) is 2.13. The number of carbonyl (C=O) groups excluding carboxylic acids is 1. The first kappa shape index (κ1) is 14.0. The fraction of sp³-hybridized carbons (Fsp3) is 0.462. The van der Waals surface area contributed by atoms with Gasteiger partial charge in [-0.05, 0) is 31.0 Å². The summed E-state index contributed by atoms with van der Waals surface area (Å²) in [6.07, 6.45) is 1.80. The van der Waals surface area contributed by atoms with Crippen molar-refractivity contribution in [3.8, 4) is 0 Å². The highest BCUT2D eigenvalue weighted by Crippen LogP contribution is 2.21. The number of sulfonamides is 1. The van der Waals surface area contributed by atoms with Gasteiger partial charge in [0.25, 0.3) is 5.91 Å². The Kier molecular flexibility index (Phi) is 3.91. The summed E-state index contributed by atoms with van der Waals surface area (Å²) in [7, 11) is -0.172. The smallest absolute Gasteiger partial charge is 0.253 e. The third kappa shape index (κ3) is 2.79. The van der Waals surface area contributed by atoms with Gasteiger partial charge in [0.2, 0.25) is 10.0 Å². The number of carbonyl (C=O) groups is 1. The molecule has 0 bridgehead atoms. The monoisotopic (exact) mass is 282 g/mol. The van der Waals surface area contributed by atoms with E-state index < -0.39 is 10.0 Å². The van der Waals surface area contributed by atoms with Crippen molar-refractivity contribution in [1.29, 1.82) is 0 Å². The minimum atomic E-state index is -3.46. The quantitative estimate of drug-likeness (QED) is 0.836. The Morgan fingerprint density at radius 2 is 1.84 bits per heavy atom. The van der Waals surface area contributed by atoms with E-state index in [1.807, 2.05) is 0 Å². The van der Waals surface area contributed by atoms with Crippen LogP contribution in [0.15, 0.2) is 29.2 Å². The highest BCUT2D eigenvalue weighted by Gasteiger charge is 2.27. The summed E-state index contributed by atoms with van der Waals surface area (Å²) in [5.74, 6) is -0.196. The molecule has 0 aromatic heterocycles. The van der Waals surface area contributed by atoms with Crippen molar-refractivity contribution in [2.75, 3.05) is 27.2 Å². The van der Waals surface area contributed by atoms with Crippen LogP contribution in [0.1, 0.15) is 23.2 Å². The Morgan fingerprint density at radius 1 is 1.21 bits per heavy atom. The lowest BCUT2D eigenvalue weighted by Gasteiger charge is -2.16. The molecule has 1 heterocycles. The highest BCUT2D eigenvalue weighted by atomic mass is 32.2. The molecule has 0 unspecified atom stereocenters. The van der Waals surface area contributed by atoms with E-state index in [1.54, 1.807) is 32.3 Å². The average Bonchev–Trinajstić information content (AvgIpc) is 2.92. The van der Waals surface area contributed by atoms with Crippen LogP contribution < -0.4 is 0 Å². The maximum atomic E-state index is 12.4. The van der Waals surface area contributed by atoms with Crippen molar-refractivity contribution in [3.63, 3.8) is 0 Å².